The highest BCUT2D eigenvalue weighted by molar-refractivity contribution is 6.00. The Morgan fingerprint density at radius 2 is 1.19 bits per heavy atom. The minimum atomic E-state index is -1.78. The van der Waals surface area contributed by atoms with Gasteiger partial charge in [0.1, 0.15) is 60.1 Å². The molecule has 0 radical (unpaired) electrons. The highest BCUT2D eigenvalue weighted by Gasteiger charge is 2.40. The number of hydrogen-bond acceptors (Lipinski definition) is 14. The molecule has 1 unspecified atom stereocenters. The highest BCUT2D eigenvalue weighted by Crippen LogP contribution is 2.24. The zero-order valence-corrected chi connectivity index (χ0v) is 52.1. The summed E-state index contributed by atoms with van der Waals surface area (Å²) in [4.78, 5) is 160. The summed E-state index contributed by atoms with van der Waals surface area (Å²) >= 11 is 0. The number of rotatable bonds is 32. The first-order valence-electron chi connectivity index (χ1n) is 31.2. The lowest BCUT2D eigenvalue weighted by Gasteiger charge is -2.30. The molecule has 8 rings (SSSR count). The Morgan fingerprint density at radius 3 is 1.73 bits per heavy atom. The molecule has 9 atom stereocenters. The number of nitrogens with zero attached hydrogens (tertiary/aromatic N) is 3. The van der Waals surface area contributed by atoms with Gasteiger partial charge in [0, 0.05) is 97.8 Å². The quantitative estimate of drug-likeness (QED) is 0.0140. The summed E-state index contributed by atoms with van der Waals surface area (Å²) in [6.07, 6.45) is 7.10. The Labute approximate surface area is 536 Å². The summed E-state index contributed by atoms with van der Waals surface area (Å²) in [6.45, 7) is 5.14. The van der Waals surface area contributed by atoms with Crippen LogP contribution in [0.15, 0.2) is 103 Å². The Hall–Kier alpha value is -10.3. The van der Waals surface area contributed by atoms with Crippen molar-refractivity contribution in [3.8, 4) is 5.75 Å². The summed E-state index contributed by atoms with van der Waals surface area (Å²) < 4.78 is 0. The smallest absolute Gasteiger partial charge is 0.245 e. The number of aromatic nitrogens is 4. The van der Waals surface area contributed by atoms with Crippen LogP contribution >= 0.6 is 0 Å². The SMILES string of the molecule is CCNC(=O)[C@@H]1CCCN1C(=O)[C@H](CCCN=C(N)N)NC(=O)[C@H](CC(C)C)NC(=O)[C@@H](Cc1c[nH]c2ccccc12)NC(=O)[C@H](Cc1ccc(O)cc1)NC(=O)[C@H](CO)NC(=O)[C@H](Cc1c[nH]c2ccccc12)NC(=O)[C@H](Cc1cnc[nH]1)NC(=O)C1CCC(=O)N1. The number of benzene rings is 3. The molecular formula is C64H83N17O12. The van der Waals surface area contributed by atoms with Crippen molar-refractivity contribution in [2.24, 2.45) is 22.4 Å². The maximum Gasteiger partial charge on any atom is 0.245 e. The van der Waals surface area contributed by atoms with E-state index in [1.807, 2.05) is 38.1 Å². The van der Waals surface area contributed by atoms with Crippen LogP contribution in [0.3, 0.4) is 0 Å². The first-order chi connectivity index (χ1) is 44.7. The monoisotopic (exact) mass is 1280 g/mol. The normalized spacial score (nSPS) is 16.8. The molecule has 2 saturated heterocycles. The van der Waals surface area contributed by atoms with E-state index in [-0.39, 0.29) is 100 Å². The van der Waals surface area contributed by atoms with E-state index in [4.69, 9.17) is 11.5 Å². The van der Waals surface area contributed by atoms with Gasteiger partial charge in [0.15, 0.2) is 5.96 Å². The average Bonchev–Trinajstić information content (AvgIpc) is 1.82. The maximum atomic E-state index is 15.1. The van der Waals surface area contributed by atoms with Gasteiger partial charge >= 0.3 is 0 Å². The summed E-state index contributed by atoms with van der Waals surface area (Å²) in [5.74, 6) is -7.58. The van der Waals surface area contributed by atoms with Crippen molar-refractivity contribution in [1.82, 2.24) is 72.7 Å². The number of carbonyl (C=O) groups excluding carboxylic acids is 10. The Kier molecular flexibility index (Phi) is 24.1. The first-order valence-corrected chi connectivity index (χ1v) is 31.2. The minimum Gasteiger partial charge on any atom is -0.508 e. The number of para-hydroxylation sites is 2. The lowest BCUT2D eigenvalue weighted by molar-refractivity contribution is -0.142. The van der Waals surface area contributed by atoms with Crippen LogP contribution in [0, 0.1) is 5.92 Å². The van der Waals surface area contributed by atoms with E-state index in [0.717, 1.165) is 0 Å². The molecule has 29 heteroatoms. The second-order valence-electron chi connectivity index (χ2n) is 23.7. The zero-order chi connectivity index (χ0) is 66.7. The van der Waals surface area contributed by atoms with Crippen molar-refractivity contribution in [2.75, 3.05) is 26.2 Å². The molecule has 6 aromatic rings. The fourth-order valence-electron chi connectivity index (χ4n) is 11.5. The second kappa shape index (κ2) is 32.6. The number of aromatic amines is 3. The summed E-state index contributed by atoms with van der Waals surface area (Å²) in [5.41, 5.74) is 14.6. The number of aromatic hydroxyl groups is 1. The summed E-state index contributed by atoms with van der Waals surface area (Å²) in [7, 11) is 0. The average molecular weight is 1280 g/mol. The number of aliphatic hydroxyl groups excluding tert-OH is 1. The molecule has 496 valence electrons. The molecule has 3 aromatic carbocycles. The number of phenols is 1. The van der Waals surface area contributed by atoms with Crippen molar-refractivity contribution in [3.63, 3.8) is 0 Å². The van der Waals surface area contributed by atoms with Gasteiger partial charge in [-0.05, 0) is 92.3 Å². The van der Waals surface area contributed by atoms with Gasteiger partial charge in [0.2, 0.25) is 59.1 Å². The van der Waals surface area contributed by atoms with Crippen molar-refractivity contribution < 1.29 is 58.2 Å². The van der Waals surface area contributed by atoms with Crippen molar-refractivity contribution >= 4 is 86.8 Å². The van der Waals surface area contributed by atoms with Crippen LogP contribution < -0.4 is 59.3 Å². The number of H-pyrrole nitrogens is 3. The summed E-state index contributed by atoms with van der Waals surface area (Å²) in [6, 6.07) is 8.42. The Balaban J connectivity index is 1.05. The standard InChI is InChI=1S/C64H83N17O12/c1-4-68-62(92)53-16-10-24-81(53)63(93)46(15-9-23-69-64(65)66)74-56(86)47(25-35(2)3)75-58(88)49(27-37-30-70-43-13-7-5-11-41(37)43)77-57(87)48(26-36-17-19-40(83)20-18-36)76-61(91)52(33-82)80-59(89)50(28-38-31-71-44-14-8-6-12-42(38)44)78-60(90)51(29-39-32-67-34-72-39)79-55(85)45-21-22-54(84)73-45/h5-8,11-14,17-20,30-32,34-35,45-53,70-71,82-83H,4,9-10,15-16,21-29,33H2,1-3H3,(H,67,72)(H,68,92)(H,73,84)(H,74,86)(H,75,88)(H,76,91)(H,77,87)(H,78,90)(H,79,85)(H,80,89)(H4,65,66,69)/t45?,46-,47-,48-,49+,50-,51-,52-,53-/m0/s1. The maximum absolute atomic E-state index is 15.1. The molecule has 0 spiro atoms. The van der Waals surface area contributed by atoms with E-state index in [9.17, 15) is 48.6 Å². The van der Waals surface area contributed by atoms with Crippen molar-refractivity contribution in [3.05, 3.63) is 120 Å². The number of carbonyl (C=O) groups is 10. The van der Waals surface area contributed by atoms with Gasteiger partial charge in [0.05, 0.1) is 12.9 Å². The number of amides is 10. The van der Waals surface area contributed by atoms with Crippen LogP contribution in [-0.4, -0.2) is 181 Å². The molecule has 2 aliphatic heterocycles. The lowest BCUT2D eigenvalue weighted by Crippen LogP contribution is -2.61. The predicted octanol–water partition coefficient (Wildman–Crippen LogP) is -0.760. The van der Waals surface area contributed by atoms with Gasteiger partial charge in [-0.15, -0.1) is 0 Å². The largest absolute Gasteiger partial charge is 0.508 e. The molecule has 10 amide bonds. The fourth-order valence-corrected chi connectivity index (χ4v) is 11.5. The van der Waals surface area contributed by atoms with Crippen LogP contribution in [0.2, 0.25) is 0 Å². The molecule has 5 heterocycles. The molecular weight excluding hydrogens is 1200 g/mol. The topological polar surface area (TPSA) is 447 Å². The number of aliphatic imine (C=N–C) groups is 1. The third kappa shape index (κ3) is 18.9. The van der Waals surface area contributed by atoms with Gasteiger partial charge in [-0.3, -0.25) is 52.9 Å². The van der Waals surface area contributed by atoms with E-state index >= 15 is 9.59 Å². The number of likely N-dealkylation sites (tertiary alicyclic amines) is 1. The number of imidazole rings is 1. The molecule has 0 saturated carbocycles. The number of likely N-dealkylation sites (N-methyl/N-ethyl adjacent to an activating group) is 1. The molecule has 2 fully saturated rings. The molecule has 2 aliphatic rings. The molecule has 93 heavy (non-hydrogen) atoms. The van der Waals surface area contributed by atoms with Gasteiger partial charge in [-0.2, -0.15) is 0 Å². The first kappa shape index (κ1) is 68.6. The van der Waals surface area contributed by atoms with Crippen LogP contribution in [0.4, 0.5) is 0 Å². The van der Waals surface area contributed by atoms with Crippen LogP contribution in [-0.2, 0) is 73.6 Å². The number of guanidine groups is 1. The number of hydrogen-bond donors (Lipinski definition) is 16. The molecule has 0 bridgehead atoms. The van der Waals surface area contributed by atoms with Gasteiger partial charge in [0.25, 0.3) is 0 Å². The number of nitrogens with two attached hydrogens (primary N) is 2. The van der Waals surface area contributed by atoms with Gasteiger partial charge in [-0.1, -0.05) is 62.4 Å². The fraction of sp³-hybridized carbons (Fsp3) is 0.438. The van der Waals surface area contributed by atoms with Crippen LogP contribution in [0.25, 0.3) is 21.8 Å². The van der Waals surface area contributed by atoms with E-state index in [1.54, 1.807) is 43.6 Å². The van der Waals surface area contributed by atoms with Crippen LogP contribution in [0.1, 0.15) is 88.1 Å². The van der Waals surface area contributed by atoms with Crippen molar-refractivity contribution in [2.45, 2.75) is 146 Å². The molecule has 18 N–H and O–H groups in total. The summed E-state index contributed by atoms with van der Waals surface area (Å²) in [5, 5.41) is 47.0. The second-order valence-corrected chi connectivity index (χ2v) is 23.7. The van der Waals surface area contributed by atoms with E-state index in [1.165, 1.54) is 41.7 Å². The molecule has 0 aliphatic carbocycles. The van der Waals surface area contributed by atoms with Gasteiger partial charge < -0.3 is 89.4 Å². The lowest BCUT2D eigenvalue weighted by atomic mass is 9.99. The van der Waals surface area contributed by atoms with Crippen molar-refractivity contribution in [1.29, 1.82) is 0 Å². The Bertz CT molecular complexity index is 3640. The van der Waals surface area contributed by atoms with E-state index in [0.29, 0.717) is 63.6 Å². The third-order valence-corrected chi connectivity index (χ3v) is 16.3. The minimum absolute atomic E-state index is 0.0647. The number of nitrogens with one attached hydrogen (secondary N) is 12. The number of aliphatic hydroxyl groups is 1. The molecule has 29 nitrogen and oxygen atoms in total. The molecule has 3 aromatic heterocycles. The van der Waals surface area contributed by atoms with E-state index < -0.39 is 108 Å². The predicted molar refractivity (Wildman–Crippen MR) is 343 cm³/mol. The third-order valence-electron chi connectivity index (χ3n) is 16.3. The number of fused-ring (bicyclic) bond motifs is 2. The zero-order valence-electron chi connectivity index (χ0n) is 52.1. The van der Waals surface area contributed by atoms with Crippen LogP contribution in [0.5, 0.6) is 5.75 Å². The highest BCUT2D eigenvalue weighted by atomic mass is 16.3. The van der Waals surface area contributed by atoms with Gasteiger partial charge in [-0.25, -0.2) is 4.98 Å². The Morgan fingerprint density at radius 1 is 0.656 bits per heavy atom. The van der Waals surface area contributed by atoms with E-state index in [2.05, 4.69) is 72.8 Å². The number of phenolic OH excluding ortho intramolecular Hbond substituents is 1.